The molecule has 0 aliphatic carbocycles. The lowest BCUT2D eigenvalue weighted by molar-refractivity contribution is -0.170. The molecule has 1 rings (SSSR count). The molecule has 15 heavy (non-hydrogen) atoms. The molecule has 0 saturated heterocycles. The van der Waals surface area contributed by atoms with E-state index in [1.54, 1.807) is 24.3 Å². The molecular formula is C10H12ClNO3. The van der Waals surface area contributed by atoms with Gasteiger partial charge in [-0.1, -0.05) is 17.7 Å². The van der Waals surface area contributed by atoms with Crippen LogP contribution in [0, 0.1) is 0 Å². The second-order valence-electron chi connectivity index (χ2n) is 2.82. The highest BCUT2D eigenvalue weighted by atomic mass is 35.5. The maximum Gasteiger partial charge on any atom is 0.283 e. The molecule has 5 heteroatoms. The van der Waals surface area contributed by atoms with E-state index in [-0.39, 0.29) is 12.5 Å². The lowest BCUT2D eigenvalue weighted by Crippen LogP contribution is -2.30. The van der Waals surface area contributed by atoms with E-state index in [4.69, 9.17) is 21.2 Å². The predicted molar refractivity (Wildman–Crippen MR) is 56.7 cm³/mol. The van der Waals surface area contributed by atoms with Crippen molar-refractivity contribution in [3.05, 3.63) is 29.3 Å². The van der Waals surface area contributed by atoms with Gasteiger partial charge in [-0.2, -0.15) is 0 Å². The largest absolute Gasteiger partial charge is 0.484 e. The van der Waals surface area contributed by atoms with E-state index in [0.717, 1.165) is 5.06 Å². The Morgan fingerprint density at radius 1 is 1.53 bits per heavy atom. The summed E-state index contributed by atoms with van der Waals surface area (Å²) in [5.74, 6) is 0.290. The molecule has 0 aliphatic heterocycles. The van der Waals surface area contributed by atoms with Crippen molar-refractivity contribution in [3.8, 4) is 5.75 Å². The van der Waals surface area contributed by atoms with Gasteiger partial charge < -0.3 is 4.74 Å². The van der Waals surface area contributed by atoms with Crippen molar-refractivity contribution in [1.82, 2.24) is 5.06 Å². The van der Waals surface area contributed by atoms with Crippen LogP contribution in [0.25, 0.3) is 0 Å². The number of rotatable bonds is 4. The smallest absolute Gasteiger partial charge is 0.283 e. The van der Waals surface area contributed by atoms with Crippen molar-refractivity contribution < 1.29 is 14.4 Å². The molecular weight excluding hydrogens is 218 g/mol. The summed E-state index contributed by atoms with van der Waals surface area (Å²) < 4.78 is 5.22. The summed E-state index contributed by atoms with van der Waals surface area (Å²) in [4.78, 5) is 16.0. The van der Waals surface area contributed by atoms with Crippen molar-refractivity contribution in [3.63, 3.8) is 0 Å². The molecule has 0 fully saturated rings. The molecule has 0 bridgehead atoms. The number of hydrogen-bond donors (Lipinski definition) is 0. The Hall–Kier alpha value is -1.26. The fraction of sp³-hybridized carbons (Fsp3) is 0.300. The number of carbonyl (C=O) groups is 1. The van der Waals surface area contributed by atoms with E-state index >= 15 is 0 Å². The number of hydroxylamine groups is 2. The van der Waals surface area contributed by atoms with E-state index in [9.17, 15) is 4.79 Å². The van der Waals surface area contributed by atoms with Crippen LogP contribution in [0.15, 0.2) is 24.3 Å². The minimum atomic E-state index is -0.266. The number of ether oxygens (including phenoxy) is 1. The van der Waals surface area contributed by atoms with Gasteiger partial charge in [0.25, 0.3) is 5.91 Å². The first-order valence-electron chi connectivity index (χ1n) is 4.32. The summed E-state index contributed by atoms with van der Waals surface area (Å²) >= 11 is 5.75. The lowest BCUT2D eigenvalue weighted by atomic mass is 10.3. The van der Waals surface area contributed by atoms with Crippen LogP contribution in [0.4, 0.5) is 0 Å². The number of nitrogens with zero attached hydrogens (tertiary/aromatic N) is 1. The highest BCUT2D eigenvalue weighted by Gasteiger charge is 2.08. The van der Waals surface area contributed by atoms with Crippen LogP contribution >= 0.6 is 11.6 Å². The van der Waals surface area contributed by atoms with E-state index in [2.05, 4.69) is 0 Å². The van der Waals surface area contributed by atoms with Crippen LogP contribution in [0.3, 0.4) is 0 Å². The summed E-state index contributed by atoms with van der Waals surface area (Å²) in [6.07, 6.45) is 0. The van der Waals surface area contributed by atoms with Gasteiger partial charge in [0.2, 0.25) is 0 Å². The number of hydrogen-bond acceptors (Lipinski definition) is 3. The molecule has 1 amide bonds. The predicted octanol–water partition coefficient (Wildman–Crippen LogP) is 1.74. The molecule has 0 spiro atoms. The first-order valence-corrected chi connectivity index (χ1v) is 4.70. The molecule has 0 aromatic heterocycles. The molecule has 0 radical (unpaired) electrons. The fourth-order valence-electron chi connectivity index (χ4n) is 0.895. The third-order valence-electron chi connectivity index (χ3n) is 1.78. The van der Waals surface area contributed by atoms with Crippen LogP contribution in [-0.4, -0.2) is 31.7 Å². The second kappa shape index (κ2) is 5.58. The summed E-state index contributed by atoms with van der Waals surface area (Å²) in [6.45, 7) is -0.0787. The van der Waals surface area contributed by atoms with Crippen molar-refractivity contribution >= 4 is 17.5 Å². The maximum absolute atomic E-state index is 11.3. The van der Waals surface area contributed by atoms with Gasteiger partial charge in [0.15, 0.2) is 6.61 Å². The summed E-state index contributed by atoms with van der Waals surface area (Å²) in [7, 11) is 2.93. The van der Waals surface area contributed by atoms with Gasteiger partial charge in [0.1, 0.15) is 5.75 Å². The van der Waals surface area contributed by atoms with E-state index < -0.39 is 0 Å². The van der Waals surface area contributed by atoms with E-state index in [1.165, 1.54) is 14.2 Å². The molecule has 82 valence electrons. The third kappa shape index (κ3) is 3.77. The zero-order valence-corrected chi connectivity index (χ0v) is 9.32. The number of halogens is 1. The average molecular weight is 230 g/mol. The highest BCUT2D eigenvalue weighted by molar-refractivity contribution is 6.30. The quantitative estimate of drug-likeness (QED) is 0.739. The van der Waals surface area contributed by atoms with Crippen LogP contribution < -0.4 is 4.74 Å². The Labute approximate surface area is 93.3 Å². The minimum absolute atomic E-state index is 0.0787. The fourth-order valence-corrected chi connectivity index (χ4v) is 1.07. The molecule has 0 aliphatic rings. The van der Waals surface area contributed by atoms with Gasteiger partial charge in [-0.25, -0.2) is 5.06 Å². The molecule has 0 unspecified atom stereocenters. The Balaban J connectivity index is 2.47. The van der Waals surface area contributed by atoms with Crippen LogP contribution in [0.2, 0.25) is 5.02 Å². The van der Waals surface area contributed by atoms with Crippen molar-refractivity contribution in [2.45, 2.75) is 0 Å². The zero-order valence-electron chi connectivity index (χ0n) is 8.57. The normalized spacial score (nSPS) is 9.80. The van der Waals surface area contributed by atoms with Gasteiger partial charge in [-0.3, -0.25) is 9.63 Å². The van der Waals surface area contributed by atoms with Crippen molar-refractivity contribution in [2.24, 2.45) is 0 Å². The number of benzene rings is 1. The van der Waals surface area contributed by atoms with Crippen molar-refractivity contribution in [1.29, 1.82) is 0 Å². The SMILES string of the molecule is CON(C)C(=O)COc1cccc(Cl)c1. The van der Waals surface area contributed by atoms with Crippen LogP contribution in [0.5, 0.6) is 5.75 Å². The molecule has 1 aromatic carbocycles. The van der Waals surface area contributed by atoms with E-state index in [0.29, 0.717) is 10.8 Å². The topological polar surface area (TPSA) is 38.8 Å². The first kappa shape index (κ1) is 11.8. The molecule has 0 saturated carbocycles. The molecule has 4 nitrogen and oxygen atoms in total. The summed E-state index contributed by atoms with van der Waals surface area (Å²) in [6, 6.07) is 6.85. The third-order valence-corrected chi connectivity index (χ3v) is 2.02. The summed E-state index contributed by atoms with van der Waals surface area (Å²) in [5, 5.41) is 1.67. The summed E-state index contributed by atoms with van der Waals surface area (Å²) in [5.41, 5.74) is 0. The molecule has 1 aromatic rings. The number of amides is 1. The number of likely N-dealkylation sites (N-methyl/N-ethyl adjacent to an activating group) is 1. The highest BCUT2D eigenvalue weighted by Crippen LogP contribution is 2.16. The average Bonchev–Trinajstić information content (AvgIpc) is 2.25. The van der Waals surface area contributed by atoms with Gasteiger partial charge in [0, 0.05) is 12.1 Å². The van der Waals surface area contributed by atoms with Gasteiger partial charge >= 0.3 is 0 Å². The van der Waals surface area contributed by atoms with Gasteiger partial charge in [-0.05, 0) is 18.2 Å². The number of carbonyl (C=O) groups excluding carboxylic acids is 1. The second-order valence-corrected chi connectivity index (χ2v) is 3.26. The molecule has 0 atom stereocenters. The standard InChI is InChI=1S/C10H12ClNO3/c1-12(14-2)10(13)7-15-9-5-3-4-8(11)6-9/h3-6H,7H2,1-2H3. The minimum Gasteiger partial charge on any atom is -0.484 e. The Kier molecular flexibility index (Phi) is 4.39. The van der Waals surface area contributed by atoms with E-state index in [1.807, 2.05) is 0 Å². The van der Waals surface area contributed by atoms with Gasteiger partial charge in [-0.15, -0.1) is 0 Å². The lowest BCUT2D eigenvalue weighted by Gasteiger charge is -2.13. The maximum atomic E-state index is 11.3. The Morgan fingerprint density at radius 3 is 2.87 bits per heavy atom. The van der Waals surface area contributed by atoms with Crippen LogP contribution in [-0.2, 0) is 9.63 Å². The molecule has 0 N–H and O–H groups in total. The van der Waals surface area contributed by atoms with Gasteiger partial charge in [0.05, 0.1) is 7.11 Å². The Bertz CT molecular complexity index is 343. The Morgan fingerprint density at radius 2 is 2.27 bits per heavy atom. The first-order chi connectivity index (χ1) is 7.13. The monoisotopic (exact) mass is 229 g/mol. The molecule has 0 heterocycles. The van der Waals surface area contributed by atoms with Crippen molar-refractivity contribution in [2.75, 3.05) is 20.8 Å². The van der Waals surface area contributed by atoms with Crippen LogP contribution in [0.1, 0.15) is 0 Å². The zero-order chi connectivity index (χ0) is 11.3.